The van der Waals surface area contributed by atoms with Crippen molar-refractivity contribution < 1.29 is 14.0 Å². The summed E-state index contributed by atoms with van der Waals surface area (Å²) in [6.07, 6.45) is 0. The lowest BCUT2D eigenvalue weighted by Crippen LogP contribution is -2.22. The van der Waals surface area contributed by atoms with Crippen molar-refractivity contribution in [2.45, 2.75) is 6.92 Å². The number of nitrogens with zero attached hydrogens (tertiary/aromatic N) is 1. The third-order valence-corrected chi connectivity index (χ3v) is 3.72. The van der Waals surface area contributed by atoms with Crippen LogP contribution < -0.4 is 5.32 Å². The van der Waals surface area contributed by atoms with Gasteiger partial charge in [0.2, 0.25) is 0 Å². The SMILES string of the molecule is Cc1ccc(C(=O)N(C)C)cc1NC(=O)c1cccc(F)c1Cl. The first-order chi connectivity index (χ1) is 10.8. The molecular weight excluding hydrogens is 319 g/mol. The van der Waals surface area contributed by atoms with Gasteiger partial charge >= 0.3 is 0 Å². The molecule has 0 aliphatic heterocycles. The number of nitrogens with one attached hydrogen (secondary N) is 1. The van der Waals surface area contributed by atoms with E-state index in [4.69, 9.17) is 11.6 Å². The predicted molar refractivity (Wildman–Crippen MR) is 88.6 cm³/mol. The standard InChI is InChI=1S/C17H16ClFN2O2/c1-10-7-8-11(17(23)21(2)3)9-14(10)20-16(22)12-5-4-6-13(19)15(12)18/h4-9H,1-3H3,(H,20,22). The molecule has 0 spiro atoms. The highest BCUT2D eigenvalue weighted by Crippen LogP contribution is 2.23. The Morgan fingerprint density at radius 2 is 1.87 bits per heavy atom. The summed E-state index contributed by atoms with van der Waals surface area (Å²) >= 11 is 5.82. The second-order valence-corrected chi connectivity index (χ2v) is 5.66. The van der Waals surface area contributed by atoms with Gasteiger partial charge in [-0.25, -0.2) is 4.39 Å². The van der Waals surface area contributed by atoms with E-state index in [9.17, 15) is 14.0 Å². The van der Waals surface area contributed by atoms with E-state index in [0.717, 1.165) is 5.56 Å². The summed E-state index contributed by atoms with van der Waals surface area (Å²) < 4.78 is 13.5. The normalized spacial score (nSPS) is 10.3. The van der Waals surface area contributed by atoms with E-state index in [1.54, 1.807) is 39.2 Å². The average molecular weight is 335 g/mol. The van der Waals surface area contributed by atoms with Crippen LogP contribution in [0.15, 0.2) is 36.4 Å². The van der Waals surface area contributed by atoms with Gasteiger partial charge in [0.25, 0.3) is 11.8 Å². The minimum absolute atomic E-state index is 0.0374. The topological polar surface area (TPSA) is 49.4 Å². The monoisotopic (exact) mass is 334 g/mol. The number of aryl methyl sites for hydroxylation is 1. The summed E-state index contributed by atoms with van der Waals surface area (Å²) in [5.74, 6) is -1.37. The fraction of sp³-hybridized carbons (Fsp3) is 0.176. The Labute approximate surface area is 138 Å². The molecule has 0 saturated carbocycles. The van der Waals surface area contributed by atoms with E-state index in [1.807, 2.05) is 0 Å². The van der Waals surface area contributed by atoms with Gasteiger partial charge in [0.05, 0.1) is 10.6 Å². The van der Waals surface area contributed by atoms with Gasteiger partial charge in [0, 0.05) is 25.3 Å². The second kappa shape index (κ2) is 6.79. The first-order valence-electron chi connectivity index (χ1n) is 6.89. The van der Waals surface area contributed by atoms with Gasteiger partial charge in [-0.1, -0.05) is 23.7 Å². The molecule has 0 atom stereocenters. The lowest BCUT2D eigenvalue weighted by Gasteiger charge is -2.14. The molecule has 2 aromatic rings. The van der Waals surface area contributed by atoms with Gasteiger partial charge in [0.15, 0.2) is 0 Å². The Balaban J connectivity index is 2.32. The molecule has 1 N–H and O–H groups in total. The van der Waals surface area contributed by atoms with Gasteiger partial charge in [0.1, 0.15) is 5.82 Å². The molecule has 120 valence electrons. The van der Waals surface area contributed by atoms with E-state index in [-0.39, 0.29) is 16.5 Å². The zero-order chi connectivity index (χ0) is 17.1. The molecular formula is C17H16ClFN2O2. The van der Waals surface area contributed by atoms with Crippen LogP contribution in [0.25, 0.3) is 0 Å². The summed E-state index contributed by atoms with van der Waals surface area (Å²) in [4.78, 5) is 25.7. The molecule has 6 heteroatoms. The molecule has 4 nitrogen and oxygen atoms in total. The Hall–Kier alpha value is -2.40. The molecule has 0 aliphatic carbocycles. The van der Waals surface area contributed by atoms with E-state index in [1.165, 1.54) is 23.1 Å². The average Bonchev–Trinajstić information content (AvgIpc) is 2.51. The van der Waals surface area contributed by atoms with Crippen LogP contribution in [0.4, 0.5) is 10.1 Å². The molecule has 0 radical (unpaired) electrons. The fourth-order valence-electron chi connectivity index (χ4n) is 2.02. The van der Waals surface area contributed by atoms with Crippen molar-refractivity contribution in [2.75, 3.05) is 19.4 Å². The minimum Gasteiger partial charge on any atom is -0.345 e. The highest BCUT2D eigenvalue weighted by atomic mass is 35.5. The van der Waals surface area contributed by atoms with Crippen LogP contribution >= 0.6 is 11.6 Å². The first-order valence-corrected chi connectivity index (χ1v) is 7.26. The maximum absolute atomic E-state index is 13.5. The number of hydrogen-bond acceptors (Lipinski definition) is 2. The quantitative estimate of drug-likeness (QED) is 0.929. The number of anilines is 1. The van der Waals surface area contributed by atoms with Gasteiger partial charge < -0.3 is 10.2 Å². The van der Waals surface area contributed by atoms with E-state index in [2.05, 4.69) is 5.32 Å². The van der Waals surface area contributed by atoms with E-state index < -0.39 is 11.7 Å². The lowest BCUT2D eigenvalue weighted by molar-refractivity contribution is 0.0827. The van der Waals surface area contributed by atoms with Crippen molar-refractivity contribution in [1.82, 2.24) is 4.90 Å². The van der Waals surface area contributed by atoms with Crippen molar-refractivity contribution >= 4 is 29.1 Å². The fourth-order valence-corrected chi connectivity index (χ4v) is 2.23. The van der Waals surface area contributed by atoms with E-state index >= 15 is 0 Å². The Bertz CT molecular complexity index is 775. The molecule has 23 heavy (non-hydrogen) atoms. The second-order valence-electron chi connectivity index (χ2n) is 5.28. The molecule has 2 amide bonds. The molecule has 0 aromatic heterocycles. The van der Waals surface area contributed by atoms with Gasteiger partial charge in [-0.15, -0.1) is 0 Å². The van der Waals surface area contributed by atoms with E-state index in [0.29, 0.717) is 11.3 Å². The summed E-state index contributed by atoms with van der Waals surface area (Å²) in [5, 5.41) is 2.43. The summed E-state index contributed by atoms with van der Waals surface area (Å²) in [6.45, 7) is 1.80. The first kappa shape index (κ1) is 17.0. The van der Waals surface area contributed by atoms with Gasteiger partial charge in [-0.3, -0.25) is 9.59 Å². The van der Waals surface area contributed by atoms with Crippen LogP contribution in [0.3, 0.4) is 0 Å². The number of carbonyl (C=O) groups excluding carboxylic acids is 2. The predicted octanol–water partition coefficient (Wildman–Crippen LogP) is 3.74. The Kier molecular flexibility index (Phi) is 5.01. The number of amides is 2. The smallest absolute Gasteiger partial charge is 0.257 e. The molecule has 0 heterocycles. The number of hydrogen-bond donors (Lipinski definition) is 1. The summed E-state index contributed by atoms with van der Waals surface area (Å²) in [6, 6.07) is 9.03. The van der Waals surface area contributed by atoms with Crippen LogP contribution in [0.5, 0.6) is 0 Å². The molecule has 0 aliphatic rings. The summed E-state index contributed by atoms with van der Waals surface area (Å²) in [7, 11) is 3.29. The zero-order valence-corrected chi connectivity index (χ0v) is 13.7. The third-order valence-electron chi connectivity index (χ3n) is 3.34. The largest absolute Gasteiger partial charge is 0.345 e. The molecule has 2 rings (SSSR count). The van der Waals surface area contributed by atoms with Crippen molar-refractivity contribution in [2.24, 2.45) is 0 Å². The van der Waals surface area contributed by atoms with Crippen LogP contribution in [0.1, 0.15) is 26.3 Å². The Morgan fingerprint density at radius 3 is 2.52 bits per heavy atom. The molecule has 0 saturated heterocycles. The number of rotatable bonds is 3. The van der Waals surface area contributed by atoms with Crippen LogP contribution in [0.2, 0.25) is 5.02 Å². The molecule has 0 bridgehead atoms. The summed E-state index contributed by atoms with van der Waals surface area (Å²) in [5.41, 5.74) is 1.74. The van der Waals surface area contributed by atoms with Crippen molar-refractivity contribution in [3.05, 3.63) is 63.9 Å². The Morgan fingerprint density at radius 1 is 1.17 bits per heavy atom. The van der Waals surface area contributed by atoms with Crippen molar-refractivity contribution in [3.8, 4) is 0 Å². The number of halogens is 2. The van der Waals surface area contributed by atoms with Crippen LogP contribution in [-0.4, -0.2) is 30.8 Å². The lowest BCUT2D eigenvalue weighted by atomic mass is 10.1. The molecule has 0 fully saturated rings. The van der Waals surface area contributed by atoms with Crippen LogP contribution in [-0.2, 0) is 0 Å². The number of benzene rings is 2. The highest BCUT2D eigenvalue weighted by Gasteiger charge is 2.16. The highest BCUT2D eigenvalue weighted by molar-refractivity contribution is 6.34. The van der Waals surface area contributed by atoms with Gasteiger partial charge in [-0.2, -0.15) is 0 Å². The van der Waals surface area contributed by atoms with Crippen molar-refractivity contribution in [3.63, 3.8) is 0 Å². The molecule has 2 aromatic carbocycles. The number of carbonyl (C=O) groups is 2. The maximum atomic E-state index is 13.5. The molecule has 0 unspecified atom stereocenters. The minimum atomic E-state index is -0.660. The van der Waals surface area contributed by atoms with Gasteiger partial charge in [-0.05, 0) is 36.8 Å². The third kappa shape index (κ3) is 3.68. The van der Waals surface area contributed by atoms with Crippen LogP contribution in [0, 0.1) is 12.7 Å². The maximum Gasteiger partial charge on any atom is 0.257 e. The zero-order valence-electron chi connectivity index (χ0n) is 13.0. The van der Waals surface area contributed by atoms with Crippen molar-refractivity contribution in [1.29, 1.82) is 0 Å².